The maximum atomic E-state index is 11.8. The molecule has 1 aromatic heterocycles. The zero-order valence-corrected chi connectivity index (χ0v) is 8.78. The highest BCUT2D eigenvalue weighted by molar-refractivity contribution is 6.12. The Kier molecular flexibility index (Phi) is 1.72. The number of ketones is 1. The van der Waals surface area contributed by atoms with Crippen LogP contribution in [0.2, 0.25) is 0 Å². The van der Waals surface area contributed by atoms with Crippen LogP contribution in [0.4, 0.5) is 0 Å². The Bertz CT molecular complexity index is 632. The van der Waals surface area contributed by atoms with Gasteiger partial charge in [0, 0.05) is 17.9 Å². The van der Waals surface area contributed by atoms with Gasteiger partial charge < -0.3 is 9.52 Å². The van der Waals surface area contributed by atoms with Crippen molar-refractivity contribution in [1.29, 1.82) is 0 Å². The van der Waals surface area contributed by atoms with E-state index >= 15 is 0 Å². The van der Waals surface area contributed by atoms with Crippen molar-refractivity contribution in [2.75, 3.05) is 0 Å². The SMILES string of the molecule is Cc1cc2c3c(oc2cc1O)C=CCC3=O. The van der Waals surface area contributed by atoms with Crippen molar-refractivity contribution < 1.29 is 14.3 Å². The fraction of sp³-hybridized carbons (Fsp3) is 0.154. The summed E-state index contributed by atoms with van der Waals surface area (Å²) in [5.74, 6) is 0.854. The van der Waals surface area contributed by atoms with E-state index in [9.17, 15) is 9.90 Å². The van der Waals surface area contributed by atoms with Gasteiger partial charge in [0.15, 0.2) is 5.78 Å². The molecule has 2 aromatic rings. The number of carbonyl (C=O) groups excluding carboxylic acids is 1. The van der Waals surface area contributed by atoms with Gasteiger partial charge in [-0.1, -0.05) is 6.08 Å². The second-order valence-electron chi connectivity index (χ2n) is 4.01. The van der Waals surface area contributed by atoms with E-state index in [0.717, 1.165) is 10.9 Å². The lowest BCUT2D eigenvalue weighted by Crippen LogP contribution is -2.01. The molecule has 0 radical (unpaired) electrons. The van der Waals surface area contributed by atoms with Crippen molar-refractivity contribution >= 4 is 22.8 Å². The molecule has 0 saturated carbocycles. The van der Waals surface area contributed by atoms with Crippen LogP contribution in [0.15, 0.2) is 22.6 Å². The highest BCUT2D eigenvalue weighted by Gasteiger charge is 2.21. The molecule has 0 fully saturated rings. The number of benzene rings is 1. The number of allylic oxidation sites excluding steroid dienone is 1. The molecule has 0 atom stereocenters. The molecule has 16 heavy (non-hydrogen) atoms. The molecule has 1 N–H and O–H groups in total. The number of hydrogen-bond donors (Lipinski definition) is 1. The standard InChI is InChI=1S/C13H10O3/c1-7-5-8-12(6-10(7)15)16-11-4-2-3-9(14)13(8)11/h2,4-6,15H,3H2,1H3. The Hall–Kier alpha value is -2.03. The zero-order valence-electron chi connectivity index (χ0n) is 8.78. The van der Waals surface area contributed by atoms with Crippen LogP contribution < -0.4 is 0 Å². The molecule has 80 valence electrons. The Morgan fingerprint density at radius 2 is 2.19 bits per heavy atom. The number of phenols is 1. The average molecular weight is 214 g/mol. The predicted molar refractivity (Wildman–Crippen MR) is 60.6 cm³/mol. The third-order valence-corrected chi connectivity index (χ3v) is 2.89. The van der Waals surface area contributed by atoms with Crippen LogP contribution in [0, 0.1) is 6.92 Å². The van der Waals surface area contributed by atoms with Crippen molar-refractivity contribution in [2.45, 2.75) is 13.3 Å². The molecule has 0 spiro atoms. The van der Waals surface area contributed by atoms with Crippen molar-refractivity contribution in [3.63, 3.8) is 0 Å². The summed E-state index contributed by atoms with van der Waals surface area (Å²) >= 11 is 0. The topological polar surface area (TPSA) is 50.4 Å². The summed E-state index contributed by atoms with van der Waals surface area (Å²) in [6.07, 6.45) is 4.02. The second-order valence-corrected chi connectivity index (χ2v) is 4.01. The van der Waals surface area contributed by atoms with Gasteiger partial charge in [-0.15, -0.1) is 0 Å². The average Bonchev–Trinajstić information content (AvgIpc) is 2.58. The quantitative estimate of drug-likeness (QED) is 0.733. The summed E-state index contributed by atoms with van der Waals surface area (Å²) in [6, 6.07) is 3.36. The maximum Gasteiger partial charge on any atom is 0.171 e. The fourth-order valence-corrected chi connectivity index (χ4v) is 2.04. The van der Waals surface area contributed by atoms with Crippen molar-refractivity contribution in [1.82, 2.24) is 0 Å². The highest BCUT2D eigenvalue weighted by atomic mass is 16.3. The van der Waals surface area contributed by atoms with Gasteiger partial charge in [-0.3, -0.25) is 4.79 Å². The molecule has 1 aliphatic rings. The molecule has 1 aliphatic carbocycles. The molecular formula is C13H10O3. The number of hydrogen-bond acceptors (Lipinski definition) is 3. The first-order valence-corrected chi connectivity index (χ1v) is 5.12. The van der Waals surface area contributed by atoms with Gasteiger partial charge in [0.25, 0.3) is 0 Å². The van der Waals surface area contributed by atoms with Crippen LogP contribution in [0.1, 0.15) is 28.1 Å². The van der Waals surface area contributed by atoms with Gasteiger partial charge in [-0.05, 0) is 24.6 Å². The summed E-state index contributed by atoms with van der Waals surface area (Å²) in [4.78, 5) is 11.8. The van der Waals surface area contributed by atoms with Gasteiger partial charge in [0.2, 0.25) is 0 Å². The first-order chi connectivity index (χ1) is 7.66. The zero-order chi connectivity index (χ0) is 11.3. The number of aryl methyl sites for hydroxylation is 1. The van der Waals surface area contributed by atoms with Crippen molar-refractivity contribution in [2.24, 2.45) is 0 Å². The third kappa shape index (κ3) is 1.11. The minimum Gasteiger partial charge on any atom is -0.508 e. The number of phenolic OH excluding ortho intramolecular Hbond substituents is 1. The molecular weight excluding hydrogens is 204 g/mol. The van der Waals surface area contributed by atoms with Crippen LogP contribution in [-0.2, 0) is 0 Å². The van der Waals surface area contributed by atoms with Gasteiger partial charge in [0.1, 0.15) is 17.1 Å². The molecule has 0 bridgehead atoms. The van der Waals surface area contributed by atoms with Crippen LogP contribution >= 0.6 is 0 Å². The van der Waals surface area contributed by atoms with E-state index < -0.39 is 0 Å². The lowest BCUT2D eigenvalue weighted by molar-refractivity contribution is 0.0995. The maximum absolute atomic E-state index is 11.8. The Morgan fingerprint density at radius 1 is 1.38 bits per heavy atom. The molecule has 0 saturated heterocycles. The van der Waals surface area contributed by atoms with Gasteiger partial charge in [-0.25, -0.2) is 0 Å². The number of aromatic hydroxyl groups is 1. The van der Waals surface area contributed by atoms with E-state index in [0.29, 0.717) is 23.3 Å². The Labute approximate surface area is 92.0 Å². The summed E-state index contributed by atoms with van der Waals surface area (Å²) in [5, 5.41) is 10.4. The van der Waals surface area contributed by atoms with Gasteiger partial charge >= 0.3 is 0 Å². The third-order valence-electron chi connectivity index (χ3n) is 2.89. The first kappa shape index (κ1) is 9.21. The minimum atomic E-state index is 0.0707. The first-order valence-electron chi connectivity index (χ1n) is 5.12. The van der Waals surface area contributed by atoms with E-state index in [1.165, 1.54) is 0 Å². The molecule has 3 rings (SSSR count). The number of rotatable bonds is 0. The summed E-state index contributed by atoms with van der Waals surface area (Å²) in [7, 11) is 0. The van der Waals surface area contributed by atoms with E-state index in [-0.39, 0.29) is 11.5 Å². The fourth-order valence-electron chi connectivity index (χ4n) is 2.04. The van der Waals surface area contributed by atoms with Crippen molar-refractivity contribution in [3.8, 4) is 5.75 Å². The second kappa shape index (κ2) is 2.98. The smallest absolute Gasteiger partial charge is 0.171 e. The monoisotopic (exact) mass is 214 g/mol. The number of fused-ring (bicyclic) bond motifs is 3. The highest BCUT2D eigenvalue weighted by Crippen LogP contribution is 2.34. The van der Waals surface area contributed by atoms with Crippen molar-refractivity contribution in [3.05, 3.63) is 35.1 Å². The summed E-state index contributed by atoms with van der Waals surface area (Å²) in [6.45, 7) is 1.80. The van der Waals surface area contributed by atoms with Crippen LogP contribution in [0.3, 0.4) is 0 Å². The van der Waals surface area contributed by atoms with Gasteiger partial charge in [0.05, 0.1) is 5.56 Å². The number of furan rings is 1. The molecule has 0 unspecified atom stereocenters. The summed E-state index contributed by atoms with van der Waals surface area (Å²) < 4.78 is 5.53. The van der Waals surface area contributed by atoms with E-state index in [4.69, 9.17) is 4.42 Å². The van der Waals surface area contributed by atoms with E-state index in [1.54, 1.807) is 25.1 Å². The van der Waals surface area contributed by atoms with Crippen LogP contribution in [-0.4, -0.2) is 10.9 Å². The molecule has 0 aliphatic heterocycles. The number of carbonyl (C=O) groups is 1. The van der Waals surface area contributed by atoms with Crippen LogP contribution in [0.5, 0.6) is 5.75 Å². The molecule has 0 amide bonds. The van der Waals surface area contributed by atoms with E-state index in [2.05, 4.69) is 0 Å². The summed E-state index contributed by atoms with van der Waals surface area (Å²) in [5.41, 5.74) is 1.95. The largest absolute Gasteiger partial charge is 0.508 e. The molecule has 3 heteroatoms. The molecule has 1 heterocycles. The van der Waals surface area contributed by atoms with Crippen LogP contribution in [0.25, 0.3) is 17.0 Å². The van der Waals surface area contributed by atoms with Gasteiger partial charge in [-0.2, -0.15) is 0 Å². The Morgan fingerprint density at radius 3 is 3.00 bits per heavy atom. The normalized spacial score (nSPS) is 14.4. The minimum absolute atomic E-state index is 0.0707. The number of Topliss-reactive ketones (excluding diaryl/α,β-unsaturated/α-hetero) is 1. The Balaban J connectivity index is 2.43. The predicted octanol–water partition coefficient (Wildman–Crippen LogP) is 3.05. The molecule has 3 nitrogen and oxygen atoms in total. The lowest BCUT2D eigenvalue weighted by atomic mass is 9.99. The van der Waals surface area contributed by atoms with E-state index in [1.807, 2.05) is 6.08 Å². The molecule has 1 aromatic carbocycles. The lowest BCUT2D eigenvalue weighted by Gasteiger charge is -2.02.